The maximum Gasteiger partial charge on any atom is 0.410 e. The van der Waals surface area contributed by atoms with E-state index in [0.717, 1.165) is 10.4 Å². The number of methoxy groups -OCH3 is 2. The minimum Gasteiger partial charge on any atom is -0.497 e. The number of nitriles is 1. The van der Waals surface area contributed by atoms with Crippen molar-refractivity contribution in [3.05, 3.63) is 106 Å². The molecule has 5 rings (SSSR count). The van der Waals surface area contributed by atoms with Crippen LogP contribution in [0.3, 0.4) is 0 Å². The first-order valence-corrected chi connectivity index (χ1v) is 18.3. The van der Waals surface area contributed by atoms with Gasteiger partial charge in [-0.05, 0) is 81.3 Å². The van der Waals surface area contributed by atoms with E-state index in [9.17, 15) is 24.4 Å². The number of thiophene rings is 1. The lowest BCUT2D eigenvalue weighted by Crippen LogP contribution is -2.39. The molecule has 0 unspecified atom stereocenters. The number of hydrogen-bond acceptors (Lipinski definition) is 10. The molecule has 0 bridgehead atoms. The minimum absolute atomic E-state index is 0.0269. The third kappa shape index (κ3) is 10.2. The predicted octanol–water partition coefficient (Wildman–Crippen LogP) is 7.07. The molecule has 53 heavy (non-hydrogen) atoms. The number of anilines is 2. The number of rotatable bonds is 11. The summed E-state index contributed by atoms with van der Waals surface area (Å²) in [4.78, 5) is 55.6. The topological polar surface area (TPSA) is 159 Å². The second kappa shape index (κ2) is 17.2. The zero-order chi connectivity index (χ0) is 38.1. The average molecular weight is 754 g/mol. The molecule has 1 aliphatic rings. The summed E-state index contributed by atoms with van der Waals surface area (Å²) in [5, 5.41) is 18.8. The number of hydrogen-bond donors (Lipinski definition) is 3. The van der Waals surface area contributed by atoms with Crippen molar-refractivity contribution in [1.82, 2.24) is 10.2 Å². The highest BCUT2D eigenvalue weighted by Gasteiger charge is 2.30. The van der Waals surface area contributed by atoms with Gasteiger partial charge in [-0.1, -0.05) is 24.3 Å². The molecular formula is C39H39N5O7S2. The van der Waals surface area contributed by atoms with E-state index < -0.39 is 23.5 Å². The number of nitrogens with one attached hydrogen (secondary N) is 3. The maximum absolute atomic E-state index is 13.7. The fourth-order valence-electron chi connectivity index (χ4n) is 5.30. The number of nitrogens with zero attached hydrogens (tertiary/aromatic N) is 2. The highest BCUT2D eigenvalue weighted by atomic mass is 32.2. The van der Waals surface area contributed by atoms with Gasteiger partial charge in [-0.3, -0.25) is 14.4 Å². The fraction of sp³-hybridized carbons (Fsp3) is 0.256. The lowest BCUT2D eigenvalue weighted by atomic mass is 10.0. The largest absolute Gasteiger partial charge is 0.497 e. The second-order valence-electron chi connectivity index (χ2n) is 12.8. The molecule has 12 nitrogen and oxygen atoms in total. The van der Waals surface area contributed by atoms with E-state index in [4.69, 9.17) is 14.2 Å². The SMILES string of the molecule is COc1ccc(/C=C(/NC(=O)c2ccccc2)C(=O)Nc2cccc(SCC(=O)Nc3sc4c(c3C#N)CCN(C(=O)OC(C)(C)C)C4)c2)c(OC)c1. The summed E-state index contributed by atoms with van der Waals surface area (Å²) in [5.74, 6) is -0.333. The maximum atomic E-state index is 13.7. The summed E-state index contributed by atoms with van der Waals surface area (Å²) in [7, 11) is 3.03. The van der Waals surface area contributed by atoms with Gasteiger partial charge in [-0.15, -0.1) is 23.1 Å². The Morgan fingerprint density at radius 2 is 1.75 bits per heavy atom. The normalized spacial score (nSPS) is 12.5. The van der Waals surface area contributed by atoms with Crippen LogP contribution in [0.4, 0.5) is 15.5 Å². The molecule has 3 aromatic carbocycles. The van der Waals surface area contributed by atoms with Crippen LogP contribution in [0.25, 0.3) is 6.08 Å². The van der Waals surface area contributed by atoms with Crippen LogP contribution in [0.15, 0.2) is 83.4 Å². The van der Waals surface area contributed by atoms with E-state index >= 15 is 0 Å². The molecule has 4 amide bonds. The van der Waals surface area contributed by atoms with Crippen LogP contribution in [0.2, 0.25) is 0 Å². The van der Waals surface area contributed by atoms with Crippen molar-refractivity contribution in [2.24, 2.45) is 0 Å². The monoisotopic (exact) mass is 753 g/mol. The molecule has 2 heterocycles. The Labute approximate surface area is 316 Å². The summed E-state index contributed by atoms with van der Waals surface area (Å²) >= 11 is 2.54. The van der Waals surface area contributed by atoms with Gasteiger partial charge in [0.2, 0.25) is 5.91 Å². The van der Waals surface area contributed by atoms with Crippen LogP contribution in [0.1, 0.15) is 52.7 Å². The quantitative estimate of drug-likeness (QED) is 0.108. The Morgan fingerprint density at radius 3 is 2.45 bits per heavy atom. The summed E-state index contributed by atoms with van der Waals surface area (Å²) < 4.78 is 16.3. The first-order chi connectivity index (χ1) is 25.4. The highest BCUT2D eigenvalue weighted by molar-refractivity contribution is 8.00. The standard InChI is InChI=1S/C39H39N5O7S2/c1-39(2,3)51-38(48)44-17-16-29-30(21-40)37(53-33(29)22-44)43-34(45)23-52-28-13-9-12-26(19-28)41-36(47)31(42-35(46)24-10-7-6-8-11-24)18-25-14-15-27(49-4)20-32(25)50-5/h6-15,18-20H,16-17,22-23H2,1-5H3,(H,41,47)(H,42,46)(H,43,45)/b31-18+. The van der Waals surface area contributed by atoms with Gasteiger partial charge in [0.05, 0.1) is 32.1 Å². The van der Waals surface area contributed by atoms with Gasteiger partial charge in [-0.2, -0.15) is 5.26 Å². The van der Waals surface area contributed by atoms with Crippen molar-refractivity contribution in [3.8, 4) is 17.6 Å². The molecule has 0 saturated heterocycles. The van der Waals surface area contributed by atoms with Crippen LogP contribution in [-0.4, -0.2) is 60.8 Å². The average Bonchev–Trinajstić information content (AvgIpc) is 3.49. The van der Waals surface area contributed by atoms with Crippen molar-refractivity contribution in [2.75, 3.05) is 37.2 Å². The predicted molar refractivity (Wildman–Crippen MR) is 205 cm³/mol. The molecular weight excluding hydrogens is 715 g/mol. The van der Waals surface area contributed by atoms with E-state index in [1.165, 1.54) is 43.4 Å². The van der Waals surface area contributed by atoms with E-state index in [1.54, 1.807) is 77.7 Å². The zero-order valence-electron chi connectivity index (χ0n) is 29.9. The van der Waals surface area contributed by atoms with Gasteiger partial charge >= 0.3 is 6.09 Å². The molecule has 0 atom stereocenters. The number of carbonyl (C=O) groups is 4. The van der Waals surface area contributed by atoms with Gasteiger partial charge in [0, 0.05) is 39.2 Å². The Hall–Kier alpha value is -5.78. The summed E-state index contributed by atoms with van der Waals surface area (Å²) in [6.45, 7) is 6.14. The van der Waals surface area contributed by atoms with Crippen molar-refractivity contribution in [2.45, 2.75) is 44.2 Å². The molecule has 0 radical (unpaired) electrons. The number of carbonyl (C=O) groups excluding carboxylic acids is 4. The van der Waals surface area contributed by atoms with Crippen molar-refractivity contribution >= 4 is 63.7 Å². The molecule has 1 aliphatic heterocycles. The lowest BCUT2D eigenvalue weighted by molar-refractivity contribution is -0.114. The van der Waals surface area contributed by atoms with Crippen LogP contribution in [0, 0.1) is 11.3 Å². The molecule has 1 aromatic heterocycles. The Kier molecular flexibility index (Phi) is 12.4. The summed E-state index contributed by atoms with van der Waals surface area (Å²) in [5.41, 5.74) is 1.94. The van der Waals surface area contributed by atoms with Crippen molar-refractivity contribution < 1.29 is 33.4 Å². The summed E-state index contributed by atoms with van der Waals surface area (Å²) in [6, 6.07) is 22.8. The van der Waals surface area contributed by atoms with Crippen LogP contribution < -0.4 is 25.4 Å². The van der Waals surface area contributed by atoms with E-state index in [-0.39, 0.29) is 17.4 Å². The van der Waals surface area contributed by atoms with Crippen molar-refractivity contribution in [3.63, 3.8) is 0 Å². The smallest absolute Gasteiger partial charge is 0.410 e. The van der Waals surface area contributed by atoms with Gasteiger partial charge in [0.1, 0.15) is 33.9 Å². The van der Waals surface area contributed by atoms with Crippen LogP contribution in [0.5, 0.6) is 11.5 Å². The van der Waals surface area contributed by atoms with Gasteiger partial charge in [0.25, 0.3) is 11.8 Å². The third-order valence-electron chi connectivity index (χ3n) is 7.80. The lowest BCUT2D eigenvalue weighted by Gasteiger charge is -2.29. The van der Waals surface area contributed by atoms with E-state index in [1.807, 2.05) is 20.8 Å². The van der Waals surface area contributed by atoms with Gasteiger partial charge in [-0.25, -0.2) is 4.79 Å². The molecule has 274 valence electrons. The molecule has 3 N–H and O–H groups in total. The van der Waals surface area contributed by atoms with Crippen LogP contribution >= 0.6 is 23.1 Å². The minimum atomic E-state index is -0.626. The molecule has 4 aromatic rings. The first kappa shape index (κ1) is 38.5. The number of benzene rings is 3. The third-order valence-corrected chi connectivity index (χ3v) is 9.93. The Bertz CT molecular complexity index is 2080. The zero-order valence-corrected chi connectivity index (χ0v) is 31.5. The number of amides is 4. The van der Waals surface area contributed by atoms with E-state index in [2.05, 4.69) is 22.0 Å². The van der Waals surface area contributed by atoms with Crippen LogP contribution in [-0.2, 0) is 27.3 Å². The van der Waals surface area contributed by atoms with E-state index in [0.29, 0.717) is 63.3 Å². The molecule has 0 spiro atoms. The molecule has 0 saturated carbocycles. The highest BCUT2D eigenvalue weighted by Crippen LogP contribution is 2.37. The van der Waals surface area contributed by atoms with Crippen molar-refractivity contribution in [1.29, 1.82) is 5.26 Å². The van der Waals surface area contributed by atoms with Gasteiger partial charge in [0.15, 0.2) is 0 Å². The fourth-order valence-corrected chi connectivity index (χ4v) is 7.29. The first-order valence-electron chi connectivity index (χ1n) is 16.5. The number of fused-ring (bicyclic) bond motifs is 1. The molecule has 0 fully saturated rings. The number of ether oxygens (including phenoxy) is 3. The Balaban J connectivity index is 1.26. The number of thioether (sulfide) groups is 1. The van der Waals surface area contributed by atoms with Gasteiger partial charge < -0.3 is 35.1 Å². The summed E-state index contributed by atoms with van der Waals surface area (Å²) in [6.07, 6.45) is 1.58. The molecule has 0 aliphatic carbocycles. The second-order valence-corrected chi connectivity index (χ2v) is 14.9. The Morgan fingerprint density at radius 1 is 0.981 bits per heavy atom. The molecule has 14 heteroatoms.